The van der Waals surface area contributed by atoms with E-state index < -0.39 is 28.5 Å². The fourth-order valence-electron chi connectivity index (χ4n) is 2.80. The van der Waals surface area contributed by atoms with E-state index in [9.17, 15) is 18.0 Å². The number of thiophene rings is 1. The van der Waals surface area contributed by atoms with Gasteiger partial charge in [0.05, 0.1) is 16.9 Å². The van der Waals surface area contributed by atoms with Gasteiger partial charge in [-0.15, -0.1) is 22.7 Å². The van der Waals surface area contributed by atoms with E-state index in [0.717, 1.165) is 22.6 Å². The predicted octanol–water partition coefficient (Wildman–Crippen LogP) is 4.47. The van der Waals surface area contributed by atoms with Gasteiger partial charge in [0.25, 0.3) is 15.9 Å². The molecule has 8 nitrogen and oxygen atoms in total. The first-order valence-electron chi connectivity index (χ1n) is 9.56. The molecule has 0 atom stereocenters. The maximum atomic E-state index is 12.5. The second-order valence-corrected chi connectivity index (χ2v) is 10.3. The van der Waals surface area contributed by atoms with Crippen LogP contribution in [0.25, 0.3) is 11.3 Å². The van der Waals surface area contributed by atoms with Gasteiger partial charge >= 0.3 is 5.97 Å². The third-order valence-corrected chi connectivity index (χ3v) is 7.83. The maximum Gasteiger partial charge on any atom is 0.340 e. The van der Waals surface area contributed by atoms with Crippen LogP contribution < -0.4 is 10.0 Å². The molecule has 4 aromatic rings. The number of benzene rings is 2. The van der Waals surface area contributed by atoms with Gasteiger partial charge in [-0.3, -0.25) is 14.8 Å². The molecular weight excluding hydrogens is 482 g/mol. The highest BCUT2D eigenvalue weighted by molar-refractivity contribution is 7.94. The van der Waals surface area contributed by atoms with Crippen LogP contribution in [0, 0.1) is 0 Å². The Morgan fingerprint density at radius 1 is 0.939 bits per heavy atom. The van der Waals surface area contributed by atoms with Gasteiger partial charge in [-0.25, -0.2) is 18.2 Å². The Hall–Kier alpha value is -3.54. The molecule has 2 aromatic carbocycles. The van der Waals surface area contributed by atoms with Crippen LogP contribution in [0.5, 0.6) is 0 Å². The highest BCUT2D eigenvalue weighted by atomic mass is 32.2. The molecule has 33 heavy (non-hydrogen) atoms. The fraction of sp³-hybridized carbons (Fsp3) is 0.0455. The number of para-hydroxylation sites is 1. The van der Waals surface area contributed by atoms with Crippen molar-refractivity contribution in [3.8, 4) is 11.3 Å². The first-order chi connectivity index (χ1) is 15.9. The first kappa shape index (κ1) is 22.6. The lowest BCUT2D eigenvalue weighted by molar-refractivity contribution is -0.119. The molecule has 1 amide bonds. The minimum atomic E-state index is -3.84. The highest BCUT2D eigenvalue weighted by Gasteiger charge is 2.21. The normalized spacial score (nSPS) is 11.0. The van der Waals surface area contributed by atoms with Gasteiger partial charge in [0.15, 0.2) is 11.7 Å². The van der Waals surface area contributed by atoms with E-state index in [1.54, 1.807) is 23.6 Å². The van der Waals surface area contributed by atoms with Crippen molar-refractivity contribution in [3.05, 3.63) is 83.1 Å². The van der Waals surface area contributed by atoms with Gasteiger partial charge in [-0.2, -0.15) is 0 Å². The number of anilines is 2. The Bertz CT molecular complexity index is 1370. The van der Waals surface area contributed by atoms with Gasteiger partial charge in [0, 0.05) is 10.9 Å². The zero-order valence-corrected chi connectivity index (χ0v) is 19.4. The molecule has 2 aromatic heterocycles. The summed E-state index contributed by atoms with van der Waals surface area (Å²) in [6.45, 7) is -0.551. The molecule has 0 aliphatic carbocycles. The number of esters is 1. The van der Waals surface area contributed by atoms with Gasteiger partial charge in [-0.05, 0) is 23.6 Å². The van der Waals surface area contributed by atoms with E-state index in [4.69, 9.17) is 4.74 Å². The molecule has 4 rings (SSSR count). The summed E-state index contributed by atoms with van der Waals surface area (Å²) in [5.41, 5.74) is 1.69. The van der Waals surface area contributed by atoms with Crippen molar-refractivity contribution < 1.29 is 22.7 Å². The first-order valence-corrected chi connectivity index (χ1v) is 12.8. The summed E-state index contributed by atoms with van der Waals surface area (Å²) in [4.78, 5) is 29.1. The monoisotopic (exact) mass is 499 g/mol. The lowest BCUT2D eigenvalue weighted by Gasteiger charge is -2.11. The Kier molecular flexibility index (Phi) is 6.82. The number of nitrogens with one attached hydrogen (secondary N) is 2. The molecule has 0 radical (unpaired) electrons. The van der Waals surface area contributed by atoms with Gasteiger partial charge in [0.2, 0.25) is 0 Å². The Morgan fingerprint density at radius 3 is 2.45 bits per heavy atom. The molecule has 0 saturated heterocycles. The molecule has 0 unspecified atom stereocenters. The van der Waals surface area contributed by atoms with E-state index in [-0.39, 0.29) is 15.5 Å². The summed E-state index contributed by atoms with van der Waals surface area (Å²) in [5.74, 6) is -1.40. The standard InChI is InChI=1S/C22H17N3O5S3/c26-19(24-22-23-18(14-32-22)15-7-2-1-3-8-15)13-30-21(27)16-9-4-5-10-17(16)25-33(28,29)20-11-6-12-31-20/h1-12,14,25H,13H2,(H,23,24,26). The average molecular weight is 500 g/mol. The number of thiazole rings is 1. The molecule has 2 N–H and O–H groups in total. The summed E-state index contributed by atoms with van der Waals surface area (Å²) >= 11 is 2.31. The third kappa shape index (κ3) is 5.64. The number of hydrogen-bond donors (Lipinski definition) is 2. The number of carbonyl (C=O) groups excluding carboxylic acids is 2. The fourth-order valence-corrected chi connectivity index (χ4v) is 5.61. The third-order valence-electron chi connectivity index (χ3n) is 4.31. The van der Waals surface area contributed by atoms with Crippen LogP contribution in [0.1, 0.15) is 10.4 Å². The molecule has 2 heterocycles. The summed E-state index contributed by atoms with van der Waals surface area (Å²) in [6.07, 6.45) is 0. The predicted molar refractivity (Wildman–Crippen MR) is 128 cm³/mol. The number of carbonyl (C=O) groups is 2. The zero-order valence-electron chi connectivity index (χ0n) is 16.9. The lowest BCUT2D eigenvalue weighted by Crippen LogP contribution is -2.22. The van der Waals surface area contributed by atoms with Crippen LogP contribution in [0.3, 0.4) is 0 Å². The Morgan fingerprint density at radius 2 is 1.70 bits per heavy atom. The zero-order chi connectivity index (χ0) is 23.3. The molecular formula is C22H17N3O5S3. The van der Waals surface area contributed by atoms with Crippen LogP contribution in [-0.4, -0.2) is 31.9 Å². The minimum absolute atomic E-state index is 0.00829. The van der Waals surface area contributed by atoms with Crippen molar-refractivity contribution in [3.63, 3.8) is 0 Å². The van der Waals surface area contributed by atoms with E-state index in [0.29, 0.717) is 5.13 Å². The maximum absolute atomic E-state index is 12.5. The minimum Gasteiger partial charge on any atom is -0.452 e. The second-order valence-electron chi connectivity index (χ2n) is 6.61. The highest BCUT2D eigenvalue weighted by Crippen LogP contribution is 2.25. The second kappa shape index (κ2) is 9.94. The molecule has 0 bridgehead atoms. The molecule has 0 saturated carbocycles. The SMILES string of the molecule is O=C(COC(=O)c1ccccc1NS(=O)(=O)c1cccs1)Nc1nc(-c2ccccc2)cs1. The molecule has 168 valence electrons. The average Bonchev–Trinajstić information content (AvgIpc) is 3.51. The van der Waals surface area contributed by atoms with E-state index in [2.05, 4.69) is 15.0 Å². The molecule has 0 aliphatic rings. The number of amides is 1. The summed E-state index contributed by atoms with van der Waals surface area (Å²) in [6, 6.07) is 18.6. The van der Waals surface area contributed by atoms with Crippen molar-refractivity contribution in [2.45, 2.75) is 4.21 Å². The van der Waals surface area contributed by atoms with Crippen molar-refractivity contribution >= 4 is 55.4 Å². The Balaban J connectivity index is 1.37. The number of aromatic nitrogens is 1. The van der Waals surface area contributed by atoms with Crippen molar-refractivity contribution in [2.24, 2.45) is 0 Å². The summed E-state index contributed by atoms with van der Waals surface area (Å²) in [7, 11) is -3.84. The van der Waals surface area contributed by atoms with Crippen molar-refractivity contribution in [2.75, 3.05) is 16.6 Å². The topological polar surface area (TPSA) is 114 Å². The van der Waals surface area contributed by atoms with Crippen LogP contribution in [0.4, 0.5) is 10.8 Å². The number of ether oxygens (including phenoxy) is 1. The molecule has 0 fully saturated rings. The summed E-state index contributed by atoms with van der Waals surface area (Å²) in [5, 5.41) is 6.42. The van der Waals surface area contributed by atoms with E-state index in [1.165, 1.54) is 29.5 Å². The Labute approximate surface area is 197 Å². The largest absolute Gasteiger partial charge is 0.452 e. The van der Waals surface area contributed by atoms with E-state index >= 15 is 0 Å². The van der Waals surface area contributed by atoms with Crippen LogP contribution in [0.2, 0.25) is 0 Å². The van der Waals surface area contributed by atoms with Crippen LogP contribution in [-0.2, 0) is 19.6 Å². The van der Waals surface area contributed by atoms with Gasteiger partial charge in [0.1, 0.15) is 4.21 Å². The number of nitrogens with zero attached hydrogens (tertiary/aromatic N) is 1. The smallest absolute Gasteiger partial charge is 0.340 e. The van der Waals surface area contributed by atoms with Crippen LogP contribution >= 0.6 is 22.7 Å². The molecule has 0 spiro atoms. The van der Waals surface area contributed by atoms with Crippen molar-refractivity contribution in [1.29, 1.82) is 0 Å². The number of rotatable bonds is 8. The van der Waals surface area contributed by atoms with E-state index in [1.807, 2.05) is 35.7 Å². The van der Waals surface area contributed by atoms with Crippen LogP contribution in [0.15, 0.2) is 81.7 Å². The molecule has 11 heteroatoms. The summed E-state index contributed by atoms with van der Waals surface area (Å²) < 4.78 is 32.6. The molecule has 0 aliphatic heterocycles. The number of sulfonamides is 1. The van der Waals surface area contributed by atoms with Crippen molar-refractivity contribution in [1.82, 2.24) is 4.98 Å². The van der Waals surface area contributed by atoms with Gasteiger partial charge < -0.3 is 4.74 Å². The number of hydrogen-bond acceptors (Lipinski definition) is 8. The lowest BCUT2D eigenvalue weighted by atomic mass is 10.2. The van der Waals surface area contributed by atoms with Gasteiger partial charge in [-0.1, -0.05) is 48.5 Å². The quantitative estimate of drug-likeness (QED) is 0.346.